The molecule has 0 N–H and O–H groups in total. The number of benzene rings is 8. The second-order valence-corrected chi connectivity index (χ2v) is 13.2. The first-order valence-electron chi connectivity index (χ1n) is 21.2. The van der Waals surface area contributed by atoms with Crippen LogP contribution in [-0.4, -0.2) is 14.1 Å². The fourth-order valence-electron chi connectivity index (χ4n) is 8.43. The first kappa shape index (κ1) is 41.6. The second-order valence-electron chi connectivity index (χ2n) is 13.2. The lowest BCUT2D eigenvalue weighted by Crippen LogP contribution is -2.12. The molecule has 0 atom stereocenters. The van der Waals surface area contributed by atoms with Crippen molar-refractivity contribution < 1.29 is 0 Å². The van der Waals surface area contributed by atoms with Crippen LogP contribution in [0.5, 0.6) is 0 Å². The lowest BCUT2D eigenvalue weighted by molar-refractivity contribution is 0.987. The van der Waals surface area contributed by atoms with E-state index < -0.39 is 0 Å². The molecular formula is C54H62N2. The summed E-state index contributed by atoms with van der Waals surface area (Å²) in [5.41, 5.74) is 11.2. The average Bonchev–Trinajstić information content (AvgIpc) is 3.54. The molecule has 0 fully saturated rings. The van der Waals surface area contributed by atoms with Gasteiger partial charge in [-0.05, 0) is 104 Å². The topological polar surface area (TPSA) is 6.48 Å². The number of hydrogen-bond donors (Lipinski definition) is 0. The predicted octanol–water partition coefficient (Wildman–Crippen LogP) is 15.8. The minimum Gasteiger partial charge on any atom is -0.344 e. The van der Waals surface area contributed by atoms with E-state index in [4.69, 9.17) is 0 Å². The maximum absolute atomic E-state index is 2.40. The molecule has 0 amide bonds. The molecule has 56 heavy (non-hydrogen) atoms. The SMILES string of the molecule is CC.CC.CC.CC.CN1c2ccccc2CCc2c1c1ccccc1c1ccccc21.CN1c2ccccc2CCc2c1ccc1ccc3ccccc3c21. The van der Waals surface area contributed by atoms with Crippen LogP contribution in [0.2, 0.25) is 0 Å². The number of fused-ring (bicyclic) bond motifs is 13. The van der Waals surface area contributed by atoms with E-state index in [1.807, 2.05) is 55.4 Å². The minimum atomic E-state index is 1.09. The second kappa shape index (κ2) is 19.8. The van der Waals surface area contributed by atoms with Gasteiger partial charge in [-0.2, -0.15) is 0 Å². The summed E-state index contributed by atoms with van der Waals surface area (Å²) < 4.78 is 0. The molecule has 0 bridgehead atoms. The minimum absolute atomic E-state index is 1.09. The Balaban J connectivity index is 0.000000182. The van der Waals surface area contributed by atoms with Crippen LogP contribution >= 0.6 is 0 Å². The molecule has 288 valence electrons. The van der Waals surface area contributed by atoms with Crippen LogP contribution in [0.4, 0.5) is 22.7 Å². The maximum atomic E-state index is 2.40. The normalized spacial score (nSPS) is 12.1. The highest BCUT2D eigenvalue weighted by atomic mass is 15.1. The van der Waals surface area contributed by atoms with E-state index in [2.05, 4.69) is 169 Å². The molecule has 2 heteroatoms. The summed E-state index contributed by atoms with van der Waals surface area (Å²) in [5, 5.41) is 10.9. The van der Waals surface area contributed by atoms with Crippen LogP contribution in [0.15, 0.2) is 146 Å². The smallest absolute Gasteiger partial charge is 0.0526 e. The van der Waals surface area contributed by atoms with Crippen LogP contribution in [0.25, 0.3) is 43.1 Å². The van der Waals surface area contributed by atoms with Gasteiger partial charge < -0.3 is 9.80 Å². The number of anilines is 4. The fraction of sp³-hybridized carbons (Fsp3) is 0.259. The van der Waals surface area contributed by atoms with Crippen LogP contribution in [0.1, 0.15) is 77.6 Å². The van der Waals surface area contributed by atoms with E-state index in [0.29, 0.717) is 0 Å². The average molecular weight is 739 g/mol. The Morgan fingerprint density at radius 2 is 0.750 bits per heavy atom. The summed E-state index contributed by atoms with van der Waals surface area (Å²) >= 11 is 0. The van der Waals surface area contributed by atoms with Crippen molar-refractivity contribution in [2.24, 2.45) is 0 Å². The third-order valence-electron chi connectivity index (χ3n) is 10.7. The molecule has 0 saturated carbocycles. The molecule has 0 spiro atoms. The summed E-state index contributed by atoms with van der Waals surface area (Å²) in [6.07, 6.45) is 4.36. The van der Waals surface area contributed by atoms with Crippen molar-refractivity contribution in [1.82, 2.24) is 0 Å². The summed E-state index contributed by atoms with van der Waals surface area (Å²) in [7, 11) is 4.41. The van der Waals surface area contributed by atoms with Crippen LogP contribution < -0.4 is 9.80 Å². The number of hydrogen-bond acceptors (Lipinski definition) is 2. The summed E-state index contributed by atoms with van der Waals surface area (Å²) in [6.45, 7) is 16.0. The molecule has 0 radical (unpaired) electrons. The lowest BCUT2D eigenvalue weighted by Gasteiger charge is -2.25. The summed E-state index contributed by atoms with van der Waals surface area (Å²) in [6, 6.07) is 53.1. The zero-order chi connectivity index (χ0) is 40.2. The lowest BCUT2D eigenvalue weighted by atomic mass is 9.92. The molecule has 0 unspecified atom stereocenters. The quantitative estimate of drug-likeness (QED) is 0.143. The van der Waals surface area contributed by atoms with Crippen molar-refractivity contribution in [3.05, 3.63) is 168 Å². The van der Waals surface area contributed by atoms with E-state index in [0.717, 1.165) is 25.7 Å². The van der Waals surface area contributed by atoms with E-state index in [1.54, 1.807) is 0 Å². The van der Waals surface area contributed by atoms with E-state index >= 15 is 0 Å². The molecule has 0 aromatic heterocycles. The number of para-hydroxylation sites is 2. The number of aryl methyl sites for hydroxylation is 4. The zero-order valence-electron chi connectivity index (χ0n) is 35.6. The first-order valence-corrected chi connectivity index (χ1v) is 21.2. The Labute approximate surface area is 337 Å². The Morgan fingerprint density at radius 3 is 1.38 bits per heavy atom. The molecule has 0 aliphatic carbocycles. The van der Waals surface area contributed by atoms with Gasteiger partial charge in [-0.1, -0.05) is 183 Å². The molecule has 8 aromatic rings. The maximum Gasteiger partial charge on any atom is 0.0526 e. The number of nitrogens with zero attached hydrogens (tertiary/aromatic N) is 2. The molecule has 2 aliphatic heterocycles. The molecule has 2 heterocycles. The summed E-state index contributed by atoms with van der Waals surface area (Å²) in [4.78, 5) is 4.76. The Morgan fingerprint density at radius 1 is 0.321 bits per heavy atom. The highest BCUT2D eigenvalue weighted by molar-refractivity contribution is 6.16. The Hall–Kier alpha value is -5.60. The molecular weight excluding hydrogens is 677 g/mol. The van der Waals surface area contributed by atoms with Gasteiger partial charge in [-0.3, -0.25) is 0 Å². The third-order valence-corrected chi connectivity index (χ3v) is 10.7. The standard InChI is InChI=1S/2C23H19N.4C2H6/c1-24-22-13-7-2-8-16(22)14-15-21-19-11-4-3-9-17(19)18-10-5-6-12-20(18)23(21)24;1-24-21-9-5-3-7-17(21)12-14-20-22(24)15-13-18-11-10-16-6-2-4-8-19(16)23(18)20;4*1-2/h2-13H,14-15H2,1H3;2-11,13,15H,12,14H2,1H3;4*1-2H3. The highest BCUT2D eigenvalue weighted by Gasteiger charge is 2.23. The van der Waals surface area contributed by atoms with Crippen LogP contribution in [-0.2, 0) is 25.7 Å². The third kappa shape index (κ3) is 7.89. The monoisotopic (exact) mass is 738 g/mol. The van der Waals surface area contributed by atoms with E-state index in [-0.39, 0.29) is 0 Å². The van der Waals surface area contributed by atoms with Gasteiger partial charge in [-0.25, -0.2) is 0 Å². The zero-order valence-corrected chi connectivity index (χ0v) is 35.6. The van der Waals surface area contributed by atoms with Gasteiger partial charge in [0.2, 0.25) is 0 Å². The summed E-state index contributed by atoms with van der Waals surface area (Å²) in [5.74, 6) is 0. The van der Waals surface area contributed by atoms with Gasteiger partial charge in [0.25, 0.3) is 0 Å². The molecule has 2 nitrogen and oxygen atoms in total. The van der Waals surface area contributed by atoms with Gasteiger partial charge in [0.1, 0.15) is 0 Å². The van der Waals surface area contributed by atoms with Crippen LogP contribution in [0.3, 0.4) is 0 Å². The fourth-order valence-corrected chi connectivity index (χ4v) is 8.43. The Bertz CT molecular complexity index is 2500. The van der Waals surface area contributed by atoms with Crippen molar-refractivity contribution in [2.45, 2.75) is 81.1 Å². The first-order chi connectivity index (χ1) is 27.7. The molecule has 8 aromatic carbocycles. The number of rotatable bonds is 0. The van der Waals surface area contributed by atoms with Crippen molar-refractivity contribution in [2.75, 3.05) is 23.9 Å². The van der Waals surface area contributed by atoms with Gasteiger partial charge >= 0.3 is 0 Å². The predicted molar refractivity (Wildman–Crippen MR) is 252 cm³/mol. The van der Waals surface area contributed by atoms with Crippen molar-refractivity contribution in [3.63, 3.8) is 0 Å². The van der Waals surface area contributed by atoms with Gasteiger partial charge in [-0.15, -0.1) is 0 Å². The van der Waals surface area contributed by atoms with Gasteiger partial charge in [0.15, 0.2) is 0 Å². The van der Waals surface area contributed by atoms with Gasteiger partial charge in [0.05, 0.1) is 5.69 Å². The molecule has 10 rings (SSSR count). The van der Waals surface area contributed by atoms with Crippen molar-refractivity contribution >= 4 is 65.8 Å². The van der Waals surface area contributed by atoms with Crippen LogP contribution in [0, 0.1) is 0 Å². The van der Waals surface area contributed by atoms with E-state index in [1.165, 1.54) is 88.1 Å². The molecule has 2 aliphatic rings. The Kier molecular flexibility index (Phi) is 14.7. The van der Waals surface area contributed by atoms with Crippen molar-refractivity contribution in [3.8, 4) is 0 Å². The largest absolute Gasteiger partial charge is 0.344 e. The van der Waals surface area contributed by atoms with Crippen molar-refractivity contribution in [1.29, 1.82) is 0 Å². The molecule has 0 saturated heterocycles. The van der Waals surface area contributed by atoms with E-state index in [9.17, 15) is 0 Å². The highest BCUT2D eigenvalue weighted by Crippen LogP contribution is 2.44. The van der Waals surface area contributed by atoms with Gasteiger partial charge in [0, 0.05) is 36.5 Å².